The summed E-state index contributed by atoms with van der Waals surface area (Å²) in [6, 6.07) is 21.0. The minimum Gasteiger partial charge on any atom is -0.334 e. The molecule has 2 aromatic carbocycles. The first kappa shape index (κ1) is 16.1. The standard InChI is InChI=1S/C21H20N8/c1-3-7-18-16(5-1)26(14-28(18)20-9-11-22-24-20)13-27-15-29(21-10-12-23-25-21)19-8-4-2-6-17(19)27/h1-12H,13-15H2,(H,22,24)(H,23,25). The number of aromatic amines is 2. The maximum absolute atomic E-state index is 4.12. The smallest absolute Gasteiger partial charge is 0.130 e. The maximum Gasteiger partial charge on any atom is 0.130 e. The van der Waals surface area contributed by atoms with Gasteiger partial charge in [-0.05, 0) is 24.3 Å². The van der Waals surface area contributed by atoms with Crippen LogP contribution >= 0.6 is 0 Å². The van der Waals surface area contributed by atoms with Crippen LogP contribution in [0.1, 0.15) is 0 Å². The van der Waals surface area contributed by atoms with E-state index in [2.05, 4.69) is 88.5 Å². The Hall–Kier alpha value is -3.94. The van der Waals surface area contributed by atoms with Gasteiger partial charge in [0.15, 0.2) is 0 Å². The molecule has 0 aliphatic carbocycles. The van der Waals surface area contributed by atoms with Crippen LogP contribution < -0.4 is 19.6 Å². The molecule has 29 heavy (non-hydrogen) atoms. The first-order chi connectivity index (χ1) is 14.4. The van der Waals surface area contributed by atoms with Crippen molar-refractivity contribution in [2.45, 2.75) is 0 Å². The van der Waals surface area contributed by atoms with Crippen LogP contribution in [0.25, 0.3) is 0 Å². The van der Waals surface area contributed by atoms with Gasteiger partial charge in [-0.2, -0.15) is 10.2 Å². The molecular formula is C21H20N8. The molecule has 0 bridgehead atoms. The number of anilines is 6. The van der Waals surface area contributed by atoms with Crippen molar-refractivity contribution in [1.82, 2.24) is 20.4 Å². The number of nitrogens with zero attached hydrogens (tertiary/aromatic N) is 6. The Balaban J connectivity index is 1.32. The molecule has 2 aliphatic rings. The van der Waals surface area contributed by atoms with Crippen molar-refractivity contribution in [2.24, 2.45) is 0 Å². The molecule has 0 atom stereocenters. The van der Waals surface area contributed by atoms with E-state index >= 15 is 0 Å². The number of hydrogen-bond donors (Lipinski definition) is 2. The van der Waals surface area contributed by atoms with Gasteiger partial charge < -0.3 is 19.6 Å². The lowest BCUT2D eigenvalue weighted by Crippen LogP contribution is -2.40. The summed E-state index contributed by atoms with van der Waals surface area (Å²) in [5.41, 5.74) is 4.82. The van der Waals surface area contributed by atoms with Gasteiger partial charge in [0, 0.05) is 12.1 Å². The van der Waals surface area contributed by atoms with Crippen LogP contribution in [-0.4, -0.2) is 40.4 Å². The molecule has 0 spiro atoms. The number of hydrogen-bond acceptors (Lipinski definition) is 6. The fourth-order valence-electron chi connectivity index (χ4n) is 4.22. The molecule has 8 nitrogen and oxygen atoms in total. The molecule has 0 fully saturated rings. The maximum atomic E-state index is 4.12. The predicted molar refractivity (Wildman–Crippen MR) is 114 cm³/mol. The van der Waals surface area contributed by atoms with Gasteiger partial charge >= 0.3 is 0 Å². The van der Waals surface area contributed by atoms with E-state index < -0.39 is 0 Å². The lowest BCUT2D eigenvalue weighted by atomic mass is 10.2. The second-order valence-corrected chi connectivity index (χ2v) is 7.22. The summed E-state index contributed by atoms with van der Waals surface area (Å²) in [6.45, 7) is 2.32. The van der Waals surface area contributed by atoms with Gasteiger partial charge in [0.2, 0.25) is 0 Å². The van der Waals surface area contributed by atoms with Gasteiger partial charge in [0.1, 0.15) is 11.6 Å². The Morgan fingerprint density at radius 2 is 1.07 bits per heavy atom. The van der Waals surface area contributed by atoms with Crippen molar-refractivity contribution < 1.29 is 0 Å². The van der Waals surface area contributed by atoms with Gasteiger partial charge in [0.25, 0.3) is 0 Å². The Bertz CT molecular complexity index is 1030. The lowest BCUT2D eigenvalue weighted by Gasteiger charge is -2.28. The number of aromatic nitrogens is 4. The lowest BCUT2D eigenvalue weighted by molar-refractivity contribution is 0.755. The van der Waals surface area contributed by atoms with E-state index in [0.29, 0.717) is 0 Å². The first-order valence-electron chi connectivity index (χ1n) is 9.60. The second kappa shape index (κ2) is 6.30. The topological polar surface area (TPSA) is 70.3 Å². The third kappa shape index (κ3) is 2.53. The molecular weight excluding hydrogens is 364 g/mol. The average Bonchev–Trinajstić information content (AvgIpc) is 3.55. The largest absolute Gasteiger partial charge is 0.334 e. The summed E-state index contributed by atoms with van der Waals surface area (Å²) in [5.74, 6) is 2.00. The summed E-state index contributed by atoms with van der Waals surface area (Å²) in [7, 11) is 0. The molecule has 0 saturated carbocycles. The van der Waals surface area contributed by atoms with Gasteiger partial charge in [-0.15, -0.1) is 0 Å². The quantitative estimate of drug-likeness (QED) is 0.560. The first-order valence-corrected chi connectivity index (χ1v) is 9.60. The van der Waals surface area contributed by atoms with E-state index in [1.165, 1.54) is 22.7 Å². The van der Waals surface area contributed by atoms with Gasteiger partial charge in [-0.25, -0.2) is 0 Å². The number of rotatable bonds is 4. The van der Waals surface area contributed by atoms with Crippen molar-refractivity contribution in [3.8, 4) is 0 Å². The van der Waals surface area contributed by atoms with Gasteiger partial charge in [-0.3, -0.25) is 10.2 Å². The van der Waals surface area contributed by atoms with Crippen LogP contribution in [-0.2, 0) is 0 Å². The number of H-pyrrole nitrogens is 2. The van der Waals surface area contributed by atoms with Gasteiger partial charge in [-0.1, -0.05) is 24.3 Å². The minimum absolute atomic E-state index is 0.768. The minimum atomic E-state index is 0.768. The molecule has 2 aromatic heterocycles. The SMILES string of the molecule is c1ccc2c(c1)N(CN1CN(c3ccn[nH]3)c3ccccc31)CN2c1ccn[nH]1. The van der Waals surface area contributed by atoms with Crippen molar-refractivity contribution in [1.29, 1.82) is 0 Å². The fraction of sp³-hybridized carbons (Fsp3) is 0.143. The van der Waals surface area contributed by atoms with E-state index in [1.54, 1.807) is 12.4 Å². The summed E-state index contributed by atoms with van der Waals surface area (Å²) < 4.78 is 0. The molecule has 0 radical (unpaired) electrons. The van der Waals surface area contributed by atoms with Gasteiger partial charge in [0.05, 0.1) is 55.1 Å². The van der Waals surface area contributed by atoms with Crippen LogP contribution in [0.5, 0.6) is 0 Å². The van der Waals surface area contributed by atoms with E-state index in [4.69, 9.17) is 0 Å². The van der Waals surface area contributed by atoms with Crippen LogP contribution in [0.4, 0.5) is 34.4 Å². The highest BCUT2D eigenvalue weighted by Crippen LogP contribution is 2.43. The molecule has 144 valence electrons. The van der Waals surface area contributed by atoms with Crippen LogP contribution in [0, 0.1) is 0 Å². The zero-order valence-corrected chi connectivity index (χ0v) is 15.7. The number of benzene rings is 2. The summed E-state index contributed by atoms with van der Waals surface area (Å²) >= 11 is 0. The Labute approximate surface area is 168 Å². The zero-order chi connectivity index (χ0) is 19.2. The number of para-hydroxylation sites is 4. The molecule has 6 rings (SSSR count). The van der Waals surface area contributed by atoms with Crippen LogP contribution in [0.15, 0.2) is 73.1 Å². The van der Waals surface area contributed by atoms with Crippen molar-refractivity contribution in [3.63, 3.8) is 0 Å². The van der Waals surface area contributed by atoms with Crippen molar-refractivity contribution in [3.05, 3.63) is 73.1 Å². The van der Waals surface area contributed by atoms with E-state index in [0.717, 1.165) is 31.6 Å². The molecule has 2 N–H and O–H groups in total. The summed E-state index contributed by atoms with van der Waals surface area (Å²) in [6.07, 6.45) is 3.58. The molecule has 4 aromatic rings. The highest BCUT2D eigenvalue weighted by atomic mass is 15.5. The fourth-order valence-corrected chi connectivity index (χ4v) is 4.22. The molecule has 0 unspecified atom stereocenters. The Morgan fingerprint density at radius 1 is 0.621 bits per heavy atom. The van der Waals surface area contributed by atoms with Crippen molar-refractivity contribution >= 4 is 34.4 Å². The molecule has 8 heteroatoms. The average molecular weight is 384 g/mol. The van der Waals surface area contributed by atoms with E-state index in [9.17, 15) is 0 Å². The third-order valence-electron chi connectivity index (χ3n) is 5.55. The van der Waals surface area contributed by atoms with Crippen LogP contribution in [0.2, 0.25) is 0 Å². The Morgan fingerprint density at radius 3 is 1.48 bits per heavy atom. The highest BCUT2D eigenvalue weighted by Gasteiger charge is 2.32. The van der Waals surface area contributed by atoms with E-state index in [-0.39, 0.29) is 0 Å². The summed E-state index contributed by atoms with van der Waals surface area (Å²) in [4.78, 5) is 9.31. The normalized spacial score (nSPS) is 15.2. The molecule has 4 heterocycles. The highest BCUT2D eigenvalue weighted by molar-refractivity contribution is 5.84. The second-order valence-electron chi connectivity index (χ2n) is 7.22. The molecule has 0 saturated heterocycles. The third-order valence-corrected chi connectivity index (χ3v) is 5.55. The summed E-state index contributed by atoms with van der Waals surface area (Å²) in [5, 5.41) is 14.4. The van der Waals surface area contributed by atoms with Crippen molar-refractivity contribution in [2.75, 3.05) is 39.6 Å². The molecule has 0 amide bonds. The number of nitrogens with one attached hydrogen (secondary N) is 2. The zero-order valence-electron chi connectivity index (χ0n) is 15.7. The number of fused-ring (bicyclic) bond motifs is 2. The predicted octanol–water partition coefficient (Wildman–Crippen LogP) is 3.62. The van der Waals surface area contributed by atoms with E-state index in [1.807, 2.05) is 12.1 Å². The Kier molecular flexibility index (Phi) is 3.49. The van der Waals surface area contributed by atoms with Crippen LogP contribution in [0.3, 0.4) is 0 Å². The molecule has 2 aliphatic heterocycles. The monoisotopic (exact) mass is 384 g/mol.